The number of hydrogen-bond acceptors (Lipinski definition) is 3. The molecule has 0 aromatic heterocycles. The maximum absolute atomic E-state index is 8.60. The molecule has 0 fully saturated rings. The van der Waals surface area contributed by atoms with Crippen molar-refractivity contribution in [3.05, 3.63) is 125 Å². The minimum atomic E-state index is 0.232. The molecule has 0 heterocycles. The lowest BCUT2D eigenvalue weighted by molar-refractivity contribution is 0.685. The summed E-state index contributed by atoms with van der Waals surface area (Å²) in [7, 11) is 0. The average molecular weight is 444 g/mol. The summed E-state index contributed by atoms with van der Waals surface area (Å²) in [6.45, 7) is 2.03. The quantitative estimate of drug-likeness (QED) is 0.294. The molecule has 2 N–H and O–H groups in total. The topological polar surface area (TPSA) is 50.9 Å². The van der Waals surface area contributed by atoms with Gasteiger partial charge in [0.05, 0.1) is 11.4 Å². The lowest BCUT2D eigenvalue weighted by Gasteiger charge is -2.27. The molecule has 5 rings (SSSR count). The zero-order valence-corrected chi connectivity index (χ0v) is 19.5. The van der Waals surface area contributed by atoms with E-state index in [-0.39, 0.29) is 11.4 Å². The fourth-order valence-electron chi connectivity index (χ4n) is 4.67. The Morgan fingerprint density at radius 2 is 1.12 bits per heavy atom. The Balaban J connectivity index is 1.47. The fraction of sp³-hybridized carbons (Fsp3) is 0.161. The molecule has 0 radical (unpaired) electrons. The summed E-state index contributed by atoms with van der Waals surface area (Å²) in [4.78, 5) is 2.27. The van der Waals surface area contributed by atoms with Gasteiger partial charge in [0.25, 0.3) is 0 Å². The van der Waals surface area contributed by atoms with Crippen molar-refractivity contribution in [1.29, 1.82) is 10.8 Å². The second kappa shape index (κ2) is 9.48. The van der Waals surface area contributed by atoms with Crippen LogP contribution in [-0.2, 0) is 12.8 Å². The number of para-hydroxylation sites is 1. The molecule has 0 spiro atoms. The lowest BCUT2D eigenvalue weighted by atomic mass is 9.91. The first-order chi connectivity index (χ1) is 16.6. The number of benzene rings is 4. The molecule has 1 aliphatic rings. The predicted octanol–water partition coefficient (Wildman–Crippen LogP) is 7.78. The molecule has 3 nitrogen and oxygen atoms in total. The van der Waals surface area contributed by atoms with E-state index in [2.05, 4.69) is 59.5 Å². The van der Waals surface area contributed by atoms with Crippen molar-refractivity contribution in [2.45, 2.75) is 32.6 Å². The first-order valence-electron chi connectivity index (χ1n) is 11.9. The van der Waals surface area contributed by atoms with Crippen LogP contribution in [0.1, 0.15) is 40.7 Å². The third-order valence-corrected chi connectivity index (χ3v) is 6.61. The molecule has 0 aliphatic heterocycles. The maximum Gasteiger partial charge on any atom is 0.0867 e. The second-order valence-corrected chi connectivity index (χ2v) is 8.99. The highest BCUT2D eigenvalue weighted by molar-refractivity contribution is 6.51. The van der Waals surface area contributed by atoms with Crippen LogP contribution in [0, 0.1) is 17.7 Å². The van der Waals surface area contributed by atoms with E-state index < -0.39 is 0 Å². The molecule has 4 aromatic carbocycles. The summed E-state index contributed by atoms with van der Waals surface area (Å²) in [6.07, 6.45) is 4.85. The number of fused-ring (bicyclic) bond motifs is 1. The van der Waals surface area contributed by atoms with Crippen molar-refractivity contribution in [3.63, 3.8) is 0 Å². The van der Waals surface area contributed by atoms with Gasteiger partial charge in [0.1, 0.15) is 0 Å². The Morgan fingerprint density at radius 3 is 1.76 bits per heavy atom. The zero-order valence-electron chi connectivity index (χ0n) is 19.5. The summed E-state index contributed by atoms with van der Waals surface area (Å²) in [5.74, 6) is 0. The number of rotatable bonds is 6. The van der Waals surface area contributed by atoms with Gasteiger partial charge in [-0.1, -0.05) is 66.2 Å². The van der Waals surface area contributed by atoms with E-state index in [1.165, 1.54) is 30.4 Å². The van der Waals surface area contributed by atoms with Crippen LogP contribution in [0.15, 0.2) is 97.1 Å². The van der Waals surface area contributed by atoms with Gasteiger partial charge in [-0.3, -0.25) is 10.8 Å². The van der Waals surface area contributed by atoms with Crippen molar-refractivity contribution in [2.24, 2.45) is 0 Å². The Kier molecular flexibility index (Phi) is 6.09. The number of aryl methyl sites for hydroxylation is 3. The number of hydrogen-bond donors (Lipinski definition) is 2. The van der Waals surface area contributed by atoms with Gasteiger partial charge < -0.3 is 4.90 Å². The minimum absolute atomic E-state index is 0.232. The van der Waals surface area contributed by atoms with E-state index in [1.54, 1.807) is 0 Å². The summed E-state index contributed by atoms with van der Waals surface area (Å²) in [6, 6.07) is 33.1. The van der Waals surface area contributed by atoms with Crippen molar-refractivity contribution < 1.29 is 0 Å². The van der Waals surface area contributed by atoms with Crippen LogP contribution in [0.5, 0.6) is 0 Å². The third-order valence-electron chi connectivity index (χ3n) is 6.61. The third kappa shape index (κ3) is 4.42. The molecule has 4 aromatic rings. The van der Waals surface area contributed by atoms with Gasteiger partial charge in [0.2, 0.25) is 0 Å². The van der Waals surface area contributed by atoms with Crippen molar-refractivity contribution in [2.75, 3.05) is 4.90 Å². The van der Waals surface area contributed by atoms with Crippen molar-refractivity contribution >= 4 is 28.5 Å². The number of nitrogens with zero attached hydrogens (tertiary/aromatic N) is 1. The molecule has 0 bridgehead atoms. The maximum atomic E-state index is 8.60. The Bertz CT molecular complexity index is 1320. The van der Waals surface area contributed by atoms with Gasteiger partial charge in [0, 0.05) is 28.2 Å². The van der Waals surface area contributed by atoms with E-state index in [0.29, 0.717) is 0 Å². The molecule has 0 amide bonds. The fourth-order valence-corrected chi connectivity index (χ4v) is 4.67. The predicted molar refractivity (Wildman–Crippen MR) is 143 cm³/mol. The van der Waals surface area contributed by atoms with Gasteiger partial charge in [-0.05, 0) is 80.1 Å². The first kappa shape index (κ1) is 21.8. The van der Waals surface area contributed by atoms with E-state index in [4.69, 9.17) is 10.8 Å². The van der Waals surface area contributed by atoms with Crippen LogP contribution in [0.25, 0.3) is 0 Å². The monoisotopic (exact) mass is 443 g/mol. The van der Waals surface area contributed by atoms with Gasteiger partial charge in [-0.15, -0.1) is 0 Å². The first-order valence-corrected chi connectivity index (χ1v) is 11.9. The molecular weight excluding hydrogens is 414 g/mol. The Labute approximate surface area is 201 Å². The zero-order chi connectivity index (χ0) is 23.5. The highest BCUT2D eigenvalue weighted by Crippen LogP contribution is 2.36. The van der Waals surface area contributed by atoms with Crippen LogP contribution >= 0.6 is 0 Å². The Hall–Kier alpha value is -3.98. The summed E-state index contributed by atoms with van der Waals surface area (Å²) in [5.41, 5.74) is 9.35. The smallest absolute Gasteiger partial charge is 0.0867 e. The molecule has 0 saturated carbocycles. The van der Waals surface area contributed by atoms with E-state index in [0.717, 1.165) is 40.2 Å². The lowest BCUT2D eigenvalue weighted by Crippen LogP contribution is -2.15. The molecule has 0 saturated heterocycles. The van der Waals surface area contributed by atoms with Crippen LogP contribution in [-0.4, -0.2) is 11.4 Å². The number of nitrogens with one attached hydrogen (secondary N) is 2. The minimum Gasteiger partial charge on any atom is -0.310 e. The molecule has 0 unspecified atom stereocenters. The average Bonchev–Trinajstić information content (AvgIpc) is 2.89. The van der Waals surface area contributed by atoms with Gasteiger partial charge >= 0.3 is 0 Å². The van der Waals surface area contributed by atoms with Crippen LogP contribution in [0.3, 0.4) is 0 Å². The van der Waals surface area contributed by atoms with Gasteiger partial charge in [0.15, 0.2) is 0 Å². The molecule has 3 heteroatoms. The molecule has 168 valence electrons. The molecule has 0 atom stereocenters. The molecule has 34 heavy (non-hydrogen) atoms. The van der Waals surface area contributed by atoms with E-state index in [9.17, 15) is 0 Å². The van der Waals surface area contributed by atoms with E-state index in [1.807, 2.05) is 49.4 Å². The highest BCUT2D eigenvalue weighted by atomic mass is 15.1. The molecular formula is C31H29N3. The van der Waals surface area contributed by atoms with Crippen molar-refractivity contribution in [1.82, 2.24) is 0 Å². The van der Waals surface area contributed by atoms with Crippen LogP contribution in [0.2, 0.25) is 0 Å². The normalized spacial score (nSPS) is 12.6. The summed E-state index contributed by atoms with van der Waals surface area (Å²) >= 11 is 0. The van der Waals surface area contributed by atoms with Crippen LogP contribution in [0.4, 0.5) is 17.1 Å². The van der Waals surface area contributed by atoms with Gasteiger partial charge in [-0.25, -0.2) is 0 Å². The molecule has 1 aliphatic carbocycles. The van der Waals surface area contributed by atoms with Gasteiger partial charge in [-0.2, -0.15) is 0 Å². The Morgan fingerprint density at radius 1 is 0.588 bits per heavy atom. The largest absolute Gasteiger partial charge is 0.310 e. The standard InChI is InChI=1S/C31H29N3/c1-22-11-13-24(14-12-22)30(32)31(33)25-16-18-28(19-17-25)34(27-9-3-2-4-10-27)29-20-15-23-7-5-6-8-26(23)21-29/h2-4,9-21,32-33H,5-8H2,1H3. The summed E-state index contributed by atoms with van der Waals surface area (Å²) < 4.78 is 0. The van der Waals surface area contributed by atoms with E-state index >= 15 is 0 Å². The SMILES string of the molecule is Cc1ccc(C(=N)C(=N)c2ccc(N(c3ccccc3)c3ccc4c(c3)CCCC4)cc2)cc1. The number of anilines is 3. The summed E-state index contributed by atoms with van der Waals surface area (Å²) in [5, 5.41) is 17.1. The second-order valence-electron chi connectivity index (χ2n) is 8.99. The highest BCUT2D eigenvalue weighted by Gasteiger charge is 2.17. The van der Waals surface area contributed by atoms with Crippen LogP contribution < -0.4 is 4.90 Å². The van der Waals surface area contributed by atoms with Crippen molar-refractivity contribution in [3.8, 4) is 0 Å².